The van der Waals surface area contributed by atoms with E-state index in [2.05, 4.69) is 0 Å². The summed E-state index contributed by atoms with van der Waals surface area (Å²) in [6.45, 7) is -0.583. The Morgan fingerprint density at radius 3 is 2.07 bits per heavy atom. The van der Waals surface area contributed by atoms with E-state index in [1.807, 2.05) is 0 Å². The lowest BCUT2D eigenvalue weighted by molar-refractivity contribution is 0.0686. The Bertz CT molecular complexity index is 432. The van der Waals surface area contributed by atoms with Gasteiger partial charge in [-0.3, -0.25) is 4.79 Å². The highest BCUT2D eigenvalue weighted by atomic mass is 19.1. The average molecular weight is 215 g/mol. The third-order valence-electron chi connectivity index (χ3n) is 1.78. The normalized spacial score (nSPS) is 10.1. The molecule has 1 aromatic carbocycles. The fourth-order valence-corrected chi connectivity index (χ4v) is 1.14. The summed E-state index contributed by atoms with van der Waals surface area (Å²) in [4.78, 5) is 21.7. The molecule has 0 unspecified atom stereocenters. The summed E-state index contributed by atoms with van der Waals surface area (Å²) in [5.74, 6) is -4.92. The fraction of sp³-hybridized carbons (Fsp3) is 0.111. The Labute approximate surface area is 83.3 Å². The number of Topliss-reactive ketones (excluding diaryl/α,β-unsaturated/α-hetero) is 1. The molecular formula is C9H7F2NO3. The van der Waals surface area contributed by atoms with Gasteiger partial charge in [-0.15, -0.1) is 0 Å². The zero-order chi connectivity index (χ0) is 11.6. The number of carbonyl (C=O) groups excluding carboxylic acids is 1. The molecule has 4 nitrogen and oxygen atoms in total. The van der Waals surface area contributed by atoms with Crippen molar-refractivity contribution in [2.24, 2.45) is 5.73 Å². The Hall–Kier alpha value is -1.82. The van der Waals surface area contributed by atoms with Crippen molar-refractivity contribution >= 4 is 11.8 Å². The lowest BCUT2D eigenvalue weighted by atomic mass is 10.0. The van der Waals surface area contributed by atoms with Gasteiger partial charge < -0.3 is 10.8 Å². The van der Waals surface area contributed by atoms with Crippen LogP contribution in [-0.2, 0) is 0 Å². The van der Waals surface area contributed by atoms with Crippen LogP contribution in [0.15, 0.2) is 12.1 Å². The molecule has 3 N–H and O–H groups in total. The maximum absolute atomic E-state index is 13.1. The van der Waals surface area contributed by atoms with Gasteiger partial charge in [0, 0.05) is 0 Å². The smallest absolute Gasteiger partial charge is 0.339 e. The number of halogens is 2. The Kier molecular flexibility index (Phi) is 3.11. The van der Waals surface area contributed by atoms with Gasteiger partial charge in [-0.05, 0) is 12.1 Å². The second-order valence-corrected chi connectivity index (χ2v) is 2.71. The van der Waals surface area contributed by atoms with Crippen molar-refractivity contribution in [3.63, 3.8) is 0 Å². The van der Waals surface area contributed by atoms with Crippen LogP contribution in [0.2, 0.25) is 0 Å². The van der Waals surface area contributed by atoms with Crippen LogP contribution in [0.25, 0.3) is 0 Å². The van der Waals surface area contributed by atoms with Crippen molar-refractivity contribution in [2.45, 2.75) is 0 Å². The third-order valence-corrected chi connectivity index (χ3v) is 1.78. The Morgan fingerprint density at radius 2 is 1.67 bits per heavy atom. The highest BCUT2D eigenvalue weighted by Gasteiger charge is 2.23. The number of carboxylic acids is 1. The van der Waals surface area contributed by atoms with Crippen LogP contribution < -0.4 is 5.73 Å². The van der Waals surface area contributed by atoms with E-state index in [9.17, 15) is 18.4 Å². The summed E-state index contributed by atoms with van der Waals surface area (Å²) < 4.78 is 26.2. The van der Waals surface area contributed by atoms with Crippen LogP contribution in [0.3, 0.4) is 0 Å². The second-order valence-electron chi connectivity index (χ2n) is 2.71. The minimum absolute atomic E-state index is 0.583. The van der Waals surface area contributed by atoms with E-state index >= 15 is 0 Å². The van der Waals surface area contributed by atoms with Crippen molar-refractivity contribution < 1.29 is 23.5 Å². The van der Waals surface area contributed by atoms with E-state index in [4.69, 9.17) is 10.8 Å². The summed E-state index contributed by atoms with van der Waals surface area (Å²) in [7, 11) is 0. The van der Waals surface area contributed by atoms with Crippen molar-refractivity contribution in [1.82, 2.24) is 0 Å². The molecular weight excluding hydrogens is 208 g/mol. The first-order valence-electron chi connectivity index (χ1n) is 3.93. The highest BCUT2D eigenvalue weighted by molar-refractivity contribution is 6.06. The van der Waals surface area contributed by atoms with Gasteiger partial charge in [0.1, 0.15) is 17.2 Å². The average Bonchev–Trinajstić information content (AvgIpc) is 2.19. The van der Waals surface area contributed by atoms with Crippen molar-refractivity contribution in [1.29, 1.82) is 0 Å². The first-order chi connectivity index (χ1) is 6.99. The van der Waals surface area contributed by atoms with Crippen LogP contribution in [0.5, 0.6) is 0 Å². The highest BCUT2D eigenvalue weighted by Crippen LogP contribution is 2.18. The molecule has 0 saturated heterocycles. The fourth-order valence-electron chi connectivity index (χ4n) is 1.14. The molecule has 0 heterocycles. The first-order valence-corrected chi connectivity index (χ1v) is 3.93. The van der Waals surface area contributed by atoms with Gasteiger partial charge in [0.15, 0.2) is 5.78 Å². The molecule has 0 aliphatic carbocycles. The van der Waals surface area contributed by atoms with Gasteiger partial charge in [0.2, 0.25) is 0 Å². The predicted molar refractivity (Wildman–Crippen MR) is 46.7 cm³/mol. The third kappa shape index (κ3) is 1.99. The summed E-state index contributed by atoms with van der Waals surface area (Å²) in [6, 6.07) is 1.33. The van der Waals surface area contributed by atoms with Gasteiger partial charge in [-0.2, -0.15) is 0 Å². The number of benzene rings is 1. The molecule has 0 fully saturated rings. The summed E-state index contributed by atoms with van der Waals surface area (Å²) >= 11 is 0. The lowest BCUT2D eigenvalue weighted by Gasteiger charge is -2.05. The van der Waals surface area contributed by atoms with Gasteiger partial charge in [0.05, 0.1) is 12.1 Å². The molecule has 0 spiro atoms. The zero-order valence-electron chi connectivity index (χ0n) is 7.46. The molecule has 0 saturated carbocycles. The molecule has 0 aliphatic rings. The molecule has 0 radical (unpaired) electrons. The maximum atomic E-state index is 13.1. The Morgan fingerprint density at radius 1 is 1.20 bits per heavy atom. The zero-order valence-corrected chi connectivity index (χ0v) is 7.46. The van der Waals surface area contributed by atoms with Crippen molar-refractivity contribution in [2.75, 3.05) is 6.54 Å². The van der Waals surface area contributed by atoms with Crippen molar-refractivity contribution in [3.05, 3.63) is 34.9 Å². The molecule has 1 aromatic rings. The second kappa shape index (κ2) is 4.14. The molecule has 0 aromatic heterocycles. The minimum atomic E-state index is -1.70. The Balaban J connectivity index is 3.52. The van der Waals surface area contributed by atoms with Crippen LogP contribution in [0, 0.1) is 11.6 Å². The summed E-state index contributed by atoms with van der Waals surface area (Å²) in [6.07, 6.45) is 0. The van der Waals surface area contributed by atoms with Crippen LogP contribution in [0.1, 0.15) is 20.7 Å². The van der Waals surface area contributed by atoms with Gasteiger partial charge in [-0.25, -0.2) is 13.6 Å². The molecule has 80 valence electrons. The van der Waals surface area contributed by atoms with Crippen LogP contribution in [-0.4, -0.2) is 23.4 Å². The maximum Gasteiger partial charge on any atom is 0.339 e. The number of hydrogen-bond acceptors (Lipinski definition) is 3. The van der Waals surface area contributed by atoms with E-state index in [-0.39, 0.29) is 0 Å². The van der Waals surface area contributed by atoms with Crippen molar-refractivity contribution in [3.8, 4) is 0 Å². The molecule has 0 amide bonds. The van der Waals surface area contributed by atoms with Crippen LogP contribution in [0.4, 0.5) is 8.78 Å². The monoisotopic (exact) mass is 215 g/mol. The molecule has 15 heavy (non-hydrogen) atoms. The largest absolute Gasteiger partial charge is 0.478 e. The van der Waals surface area contributed by atoms with E-state index in [0.717, 1.165) is 0 Å². The molecule has 0 aliphatic heterocycles. The molecule has 1 rings (SSSR count). The summed E-state index contributed by atoms with van der Waals surface area (Å²) in [5.41, 5.74) is 3.16. The van der Waals surface area contributed by atoms with E-state index in [0.29, 0.717) is 12.1 Å². The van der Waals surface area contributed by atoms with E-state index < -0.39 is 41.1 Å². The lowest BCUT2D eigenvalue weighted by Crippen LogP contribution is -2.20. The SMILES string of the molecule is NCC(=O)c1c(F)ccc(F)c1C(=O)O. The quantitative estimate of drug-likeness (QED) is 0.731. The number of aromatic carboxylic acids is 1. The van der Waals surface area contributed by atoms with Gasteiger partial charge in [0.25, 0.3) is 0 Å². The molecule has 0 atom stereocenters. The number of hydrogen-bond donors (Lipinski definition) is 2. The number of ketones is 1. The first kappa shape index (κ1) is 11.3. The summed E-state index contributed by atoms with van der Waals surface area (Å²) in [5, 5.41) is 8.62. The molecule has 0 bridgehead atoms. The van der Waals surface area contributed by atoms with E-state index in [1.54, 1.807) is 0 Å². The topological polar surface area (TPSA) is 80.4 Å². The number of rotatable bonds is 3. The van der Waals surface area contributed by atoms with Gasteiger partial charge in [-0.1, -0.05) is 0 Å². The number of carbonyl (C=O) groups is 2. The number of carboxylic acid groups (broad SMARTS) is 1. The standard InChI is InChI=1S/C9H7F2NO3/c10-4-1-2-5(11)8(9(14)15)7(4)6(13)3-12/h1-2H,3,12H2,(H,14,15). The van der Waals surface area contributed by atoms with Gasteiger partial charge >= 0.3 is 5.97 Å². The molecule has 6 heteroatoms. The predicted octanol–water partition coefficient (Wildman–Crippen LogP) is 0.804. The number of nitrogens with two attached hydrogens (primary N) is 1. The van der Waals surface area contributed by atoms with E-state index in [1.165, 1.54) is 0 Å². The van der Waals surface area contributed by atoms with Crippen LogP contribution >= 0.6 is 0 Å². The minimum Gasteiger partial charge on any atom is -0.478 e.